The first-order valence-corrected chi connectivity index (χ1v) is 9.63. The summed E-state index contributed by atoms with van der Waals surface area (Å²) < 4.78 is 11.7. The van der Waals surface area contributed by atoms with Crippen LogP contribution in [0.2, 0.25) is 0 Å². The maximum absolute atomic E-state index is 13.2. The fourth-order valence-corrected chi connectivity index (χ4v) is 3.55. The molecule has 0 bridgehead atoms. The minimum atomic E-state index is -0.507. The lowest BCUT2D eigenvalue weighted by Gasteiger charge is -2.26. The number of amides is 1. The van der Waals surface area contributed by atoms with E-state index in [2.05, 4.69) is 10.1 Å². The Kier molecular flexibility index (Phi) is 4.71. The number of anilines is 1. The number of carbonyl (C=O) groups is 1. The maximum atomic E-state index is 13.2. The van der Waals surface area contributed by atoms with Gasteiger partial charge in [0.15, 0.2) is 0 Å². The largest absolute Gasteiger partial charge is 0.370 e. The fraction of sp³-hybridized carbons (Fsp3) is 0.143. The second kappa shape index (κ2) is 7.71. The fourth-order valence-electron chi connectivity index (χ4n) is 3.55. The third-order valence-electron chi connectivity index (χ3n) is 5.17. The van der Waals surface area contributed by atoms with Crippen molar-refractivity contribution in [1.29, 1.82) is 0 Å². The Hall–Kier alpha value is -4.38. The van der Waals surface area contributed by atoms with Crippen LogP contribution in [0.5, 0.6) is 0 Å². The van der Waals surface area contributed by atoms with Crippen molar-refractivity contribution in [2.45, 2.75) is 0 Å². The second-order valence-electron chi connectivity index (χ2n) is 7.05. The Morgan fingerprint density at radius 2 is 1.72 bits per heavy atom. The molecule has 3 heterocycles. The molecule has 1 saturated heterocycles. The Balaban J connectivity index is 1.53. The number of hydrogen-bond acceptors (Lipinski definition) is 8. The predicted octanol–water partition coefficient (Wildman–Crippen LogP) is 2.31. The monoisotopic (exact) mass is 433 g/mol. The molecule has 0 aliphatic carbocycles. The SMILES string of the molecule is O=C1COCCN1c1ccc(-n2cnc3onc(-c4ccc([N+](=O)[O-])cc4)c3c2=O)cc1. The summed E-state index contributed by atoms with van der Waals surface area (Å²) >= 11 is 0. The van der Waals surface area contributed by atoms with Crippen molar-refractivity contribution in [1.82, 2.24) is 14.7 Å². The Labute approximate surface area is 179 Å². The minimum absolute atomic E-state index is 0.0424. The molecule has 11 heteroatoms. The van der Waals surface area contributed by atoms with Gasteiger partial charge in [-0.05, 0) is 36.4 Å². The molecule has 1 aliphatic heterocycles. The van der Waals surface area contributed by atoms with Crippen LogP contribution in [0, 0.1) is 10.1 Å². The highest BCUT2D eigenvalue weighted by molar-refractivity contribution is 5.95. The van der Waals surface area contributed by atoms with Gasteiger partial charge in [0.25, 0.3) is 22.9 Å². The van der Waals surface area contributed by atoms with Crippen molar-refractivity contribution in [2.24, 2.45) is 0 Å². The number of morpholine rings is 1. The van der Waals surface area contributed by atoms with Gasteiger partial charge in [0.05, 0.1) is 17.2 Å². The molecule has 4 aromatic rings. The normalized spacial score (nSPS) is 14.1. The average Bonchev–Trinajstić information content (AvgIpc) is 3.25. The molecule has 2 aromatic carbocycles. The summed E-state index contributed by atoms with van der Waals surface area (Å²) in [4.78, 5) is 41.5. The summed E-state index contributed by atoms with van der Waals surface area (Å²) in [6.45, 7) is 0.970. The zero-order valence-electron chi connectivity index (χ0n) is 16.5. The number of nitrogens with zero attached hydrogens (tertiary/aromatic N) is 5. The van der Waals surface area contributed by atoms with E-state index >= 15 is 0 Å². The van der Waals surface area contributed by atoms with E-state index in [9.17, 15) is 19.7 Å². The van der Waals surface area contributed by atoms with Crippen LogP contribution in [0.15, 0.2) is 64.2 Å². The molecule has 1 aliphatic rings. The molecule has 0 radical (unpaired) electrons. The van der Waals surface area contributed by atoms with Crippen molar-refractivity contribution >= 4 is 28.4 Å². The van der Waals surface area contributed by atoms with Crippen LogP contribution in [0.1, 0.15) is 0 Å². The number of nitro benzene ring substituents is 1. The maximum Gasteiger partial charge on any atom is 0.271 e. The number of ether oxygens (including phenoxy) is 1. The molecular weight excluding hydrogens is 418 g/mol. The summed E-state index contributed by atoms with van der Waals surface area (Å²) in [6, 6.07) is 12.6. The zero-order chi connectivity index (χ0) is 22.2. The van der Waals surface area contributed by atoms with Gasteiger partial charge in [-0.3, -0.25) is 24.3 Å². The third kappa shape index (κ3) is 3.30. The van der Waals surface area contributed by atoms with E-state index in [4.69, 9.17) is 9.26 Å². The van der Waals surface area contributed by atoms with Gasteiger partial charge in [-0.1, -0.05) is 5.16 Å². The van der Waals surface area contributed by atoms with Crippen LogP contribution in [-0.4, -0.2) is 45.3 Å². The van der Waals surface area contributed by atoms with E-state index < -0.39 is 10.5 Å². The Morgan fingerprint density at radius 3 is 2.41 bits per heavy atom. The highest BCUT2D eigenvalue weighted by Crippen LogP contribution is 2.27. The van der Waals surface area contributed by atoms with E-state index in [0.29, 0.717) is 30.1 Å². The molecule has 2 aromatic heterocycles. The number of benzene rings is 2. The van der Waals surface area contributed by atoms with Gasteiger partial charge in [0, 0.05) is 29.9 Å². The van der Waals surface area contributed by atoms with Crippen LogP contribution in [0.4, 0.5) is 11.4 Å². The van der Waals surface area contributed by atoms with Gasteiger partial charge in [-0.15, -0.1) is 0 Å². The lowest BCUT2D eigenvalue weighted by molar-refractivity contribution is -0.384. The van der Waals surface area contributed by atoms with Crippen molar-refractivity contribution in [3.8, 4) is 16.9 Å². The summed E-state index contributed by atoms with van der Waals surface area (Å²) in [7, 11) is 0. The molecule has 0 atom stereocenters. The van der Waals surface area contributed by atoms with Gasteiger partial charge >= 0.3 is 0 Å². The van der Waals surface area contributed by atoms with Crippen LogP contribution in [0.3, 0.4) is 0 Å². The molecule has 1 amide bonds. The predicted molar refractivity (Wildman–Crippen MR) is 113 cm³/mol. The lowest BCUT2D eigenvalue weighted by atomic mass is 10.1. The standard InChI is InChI=1S/C21H15N5O6/c27-17-11-31-10-9-24(17)14-5-7-15(8-6-14)25-12-22-20-18(21(25)28)19(23-32-20)13-1-3-16(4-2-13)26(29)30/h1-8,12H,9-11H2. The molecule has 1 fully saturated rings. The first kappa shape index (κ1) is 19.6. The van der Waals surface area contributed by atoms with Crippen molar-refractivity contribution < 1.29 is 19.0 Å². The van der Waals surface area contributed by atoms with Crippen LogP contribution in [0.25, 0.3) is 28.0 Å². The Morgan fingerprint density at radius 1 is 1.00 bits per heavy atom. The van der Waals surface area contributed by atoms with Gasteiger partial charge in [-0.2, -0.15) is 0 Å². The highest BCUT2D eigenvalue weighted by Gasteiger charge is 2.21. The number of aromatic nitrogens is 3. The second-order valence-corrected chi connectivity index (χ2v) is 7.05. The molecule has 11 nitrogen and oxygen atoms in total. The van der Waals surface area contributed by atoms with Crippen LogP contribution >= 0.6 is 0 Å². The molecule has 0 saturated carbocycles. The number of hydrogen-bond donors (Lipinski definition) is 0. The molecule has 0 unspecified atom stereocenters. The number of fused-ring (bicyclic) bond motifs is 1. The zero-order valence-corrected chi connectivity index (χ0v) is 16.5. The van der Waals surface area contributed by atoms with Crippen molar-refractivity contribution in [2.75, 3.05) is 24.7 Å². The quantitative estimate of drug-likeness (QED) is 0.354. The minimum Gasteiger partial charge on any atom is -0.370 e. The van der Waals surface area contributed by atoms with Gasteiger partial charge in [0.2, 0.25) is 0 Å². The van der Waals surface area contributed by atoms with E-state index in [1.54, 1.807) is 29.2 Å². The van der Waals surface area contributed by atoms with Crippen LogP contribution < -0.4 is 10.5 Å². The van der Waals surface area contributed by atoms with Crippen molar-refractivity contribution in [3.63, 3.8) is 0 Å². The summed E-state index contributed by atoms with van der Waals surface area (Å²) in [5, 5.41) is 15.0. The van der Waals surface area contributed by atoms with Crippen LogP contribution in [-0.2, 0) is 9.53 Å². The average molecular weight is 433 g/mol. The summed E-state index contributed by atoms with van der Waals surface area (Å²) in [5.41, 5.74) is 1.58. The third-order valence-corrected chi connectivity index (χ3v) is 5.17. The van der Waals surface area contributed by atoms with E-state index in [0.717, 1.165) is 0 Å². The first-order valence-electron chi connectivity index (χ1n) is 9.63. The molecule has 32 heavy (non-hydrogen) atoms. The molecule has 160 valence electrons. The van der Waals surface area contributed by atoms with Gasteiger partial charge in [-0.25, -0.2) is 4.98 Å². The highest BCUT2D eigenvalue weighted by atomic mass is 16.6. The molecular formula is C21H15N5O6. The Bertz CT molecular complexity index is 1390. The molecule has 0 N–H and O–H groups in total. The van der Waals surface area contributed by atoms with Gasteiger partial charge < -0.3 is 14.2 Å². The topological polar surface area (TPSA) is 134 Å². The van der Waals surface area contributed by atoms with Gasteiger partial charge in [0.1, 0.15) is 24.0 Å². The number of carbonyl (C=O) groups excluding carboxylic acids is 1. The molecule has 5 rings (SSSR count). The number of non-ortho nitro benzene ring substituents is 1. The van der Waals surface area contributed by atoms with Crippen molar-refractivity contribution in [3.05, 3.63) is 75.3 Å². The number of rotatable bonds is 4. The summed E-state index contributed by atoms with van der Waals surface area (Å²) in [6.07, 6.45) is 1.34. The summed E-state index contributed by atoms with van der Waals surface area (Å²) in [5.74, 6) is -0.124. The van der Waals surface area contributed by atoms with E-state index in [1.165, 1.54) is 35.2 Å². The molecule has 0 spiro atoms. The van der Waals surface area contributed by atoms with E-state index in [1.807, 2.05) is 0 Å². The smallest absolute Gasteiger partial charge is 0.271 e. The first-order chi connectivity index (χ1) is 15.5. The number of nitro groups is 1. The lowest BCUT2D eigenvalue weighted by Crippen LogP contribution is -2.41. The van der Waals surface area contributed by atoms with E-state index in [-0.39, 0.29) is 35.0 Å².